The van der Waals surface area contributed by atoms with E-state index in [4.69, 9.17) is 0 Å². The second-order valence-electron chi connectivity index (χ2n) is 5.30. The van der Waals surface area contributed by atoms with E-state index < -0.39 is 6.09 Å². The summed E-state index contributed by atoms with van der Waals surface area (Å²) < 4.78 is 4.47. The van der Waals surface area contributed by atoms with Crippen molar-refractivity contribution in [3.05, 3.63) is 53.3 Å². The first-order valence-electron chi connectivity index (χ1n) is 7.33. The zero-order valence-electron chi connectivity index (χ0n) is 13.5. The van der Waals surface area contributed by atoms with Crippen LogP contribution in [0.3, 0.4) is 0 Å². The summed E-state index contributed by atoms with van der Waals surface area (Å²) in [6.45, 7) is 1.48. The third-order valence-electron chi connectivity index (χ3n) is 3.29. The molecule has 0 unspecified atom stereocenters. The van der Waals surface area contributed by atoms with Gasteiger partial charge in [-0.25, -0.2) is 10.2 Å². The summed E-state index contributed by atoms with van der Waals surface area (Å²) in [6, 6.07) is 8.70. The lowest BCUT2D eigenvalue weighted by Crippen LogP contribution is -2.29. The van der Waals surface area contributed by atoms with Gasteiger partial charge in [-0.05, 0) is 30.7 Å². The number of pyridine rings is 1. The van der Waals surface area contributed by atoms with Crippen molar-refractivity contribution in [1.29, 1.82) is 0 Å². The van der Waals surface area contributed by atoms with E-state index in [1.165, 1.54) is 14.0 Å². The van der Waals surface area contributed by atoms with Crippen molar-refractivity contribution in [3.8, 4) is 5.75 Å². The highest BCUT2D eigenvalue weighted by Crippen LogP contribution is 2.21. The number of aromatic nitrogens is 1. The summed E-state index contributed by atoms with van der Waals surface area (Å²) >= 11 is 0. The molecule has 1 aromatic carbocycles. The zero-order chi connectivity index (χ0) is 17.5. The Morgan fingerprint density at radius 3 is 2.71 bits per heavy atom. The summed E-state index contributed by atoms with van der Waals surface area (Å²) in [6.07, 6.45) is 1.73. The number of phenols is 1. The fraction of sp³-hybridized carbons (Fsp3) is 0.235. The number of ether oxygens (including phenoxy) is 1. The van der Waals surface area contributed by atoms with Gasteiger partial charge in [0.2, 0.25) is 0 Å². The minimum Gasteiger partial charge on any atom is -0.508 e. The molecule has 0 aliphatic rings. The maximum atomic E-state index is 11.1. The highest BCUT2D eigenvalue weighted by Gasteiger charge is 2.07. The van der Waals surface area contributed by atoms with Gasteiger partial charge < -0.3 is 9.84 Å². The number of carbonyl (C=O) groups excluding carboxylic acids is 2. The Labute approximate surface area is 139 Å². The molecule has 0 aliphatic carbocycles. The van der Waals surface area contributed by atoms with Gasteiger partial charge in [0.1, 0.15) is 11.5 Å². The number of amides is 1. The zero-order valence-corrected chi connectivity index (χ0v) is 13.5. The molecule has 1 heterocycles. The number of hydrogen-bond acceptors (Lipinski definition) is 6. The fourth-order valence-corrected chi connectivity index (χ4v) is 2.17. The Morgan fingerprint density at radius 2 is 2.04 bits per heavy atom. The number of hydrazine groups is 1. The predicted molar refractivity (Wildman–Crippen MR) is 88.7 cm³/mol. The first-order valence-corrected chi connectivity index (χ1v) is 7.33. The van der Waals surface area contributed by atoms with Gasteiger partial charge in [0.05, 0.1) is 12.8 Å². The number of aromatic hydroxyl groups is 1. The van der Waals surface area contributed by atoms with Crippen LogP contribution in [0.1, 0.15) is 23.7 Å². The van der Waals surface area contributed by atoms with E-state index in [1.807, 2.05) is 6.07 Å². The number of methoxy groups -OCH3 is 1. The lowest BCUT2D eigenvalue weighted by molar-refractivity contribution is -0.116. The van der Waals surface area contributed by atoms with Crippen LogP contribution in [0, 0.1) is 0 Å². The standard InChI is InChI=1S/C17H19N3O4/c1-11(21)7-13-4-3-12(9-16(13)22)8-15-10-14(5-6-18-15)19-20-17(23)24-2/h3-6,9-10,22H,7-8H2,1-2H3,(H,18,19)(H,20,23). The van der Waals surface area contributed by atoms with Gasteiger partial charge in [0.15, 0.2) is 0 Å². The van der Waals surface area contributed by atoms with Crippen molar-refractivity contribution >= 4 is 17.6 Å². The molecule has 7 nitrogen and oxygen atoms in total. The predicted octanol–water partition coefficient (Wildman–Crippen LogP) is 2.19. The summed E-state index contributed by atoms with van der Waals surface area (Å²) in [5, 5.41) is 10.00. The Hall–Kier alpha value is -3.09. The number of carbonyl (C=O) groups is 2. The summed E-state index contributed by atoms with van der Waals surface area (Å²) in [5.41, 5.74) is 7.96. The topological polar surface area (TPSA) is 101 Å². The van der Waals surface area contributed by atoms with E-state index in [2.05, 4.69) is 20.6 Å². The minimum atomic E-state index is -0.598. The molecule has 24 heavy (non-hydrogen) atoms. The van der Waals surface area contributed by atoms with Crippen LogP contribution in [0.5, 0.6) is 5.75 Å². The van der Waals surface area contributed by atoms with Crippen LogP contribution in [0.15, 0.2) is 36.5 Å². The highest BCUT2D eigenvalue weighted by molar-refractivity contribution is 5.79. The average molecular weight is 329 g/mol. The number of rotatable bonds is 6. The SMILES string of the molecule is COC(=O)NNc1ccnc(Cc2ccc(CC(C)=O)c(O)c2)c1. The van der Waals surface area contributed by atoms with Crippen LogP contribution < -0.4 is 10.9 Å². The molecule has 0 aliphatic heterocycles. The summed E-state index contributed by atoms with van der Waals surface area (Å²) in [4.78, 5) is 26.4. The number of Topliss-reactive ketones (excluding diaryl/α,β-unsaturated/α-hetero) is 1. The van der Waals surface area contributed by atoms with Gasteiger partial charge in [-0.3, -0.25) is 15.2 Å². The monoisotopic (exact) mass is 329 g/mol. The van der Waals surface area contributed by atoms with Gasteiger partial charge in [0.25, 0.3) is 0 Å². The summed E-state index contributed by atoms with van der Waals surface area (Å²) in [5.74, 6) is 0.0981. The van der Waals surface area contributed by atoms with Gasteiger partial charge in [-0.2, -0.15) is 0 Å². The first-order chi connectivity index (χ1) is 11.5. The second kappa shape index (κ2) is 7.96. The lowest BCUT2D eigenvalue weighted by atomic mass is 10.0. The van der Waals surface area contributed by atoms with Crippen molar-refractivity contribution in [3.63, 3.8) is 0 Å². The number of nitrogens with one attached hydrogen (secondary N) is 2. The van der Waals surface area contributed by atoms with E-state index in [0.29, 0.717) is 17.7 Å². The Bertz CT molecular complexity index is 746. The second-order valence-corrected chi connectivity index (χ2v) is 5.30. The molecule has 7 heteroatoms. The van der Waals surface area contributed by atoms with Crippen LogP contribution >= 0.6 is 0 Å². The molecule has 126 valence electrons. The Balaban J connectivity index is 2.06. The molecule has 2 rings (SSSR count). The third-order valence-corrected chi connectivity index (χ3v) is 3.29. The Kier molecular flexibility index (Phi) is 5.73. The molecule has 2 aromatic rings. The molecule has 0 atom stereocenters. The van der Waals surface area contributed by atoms with E-state index in [0.717, 1.165) is 11.3 Å². The molecule has 3 N–H and O–H groups in total. The normalized spacial score (nSPS) is 10.1. The van der Waals surface area contributed by atoms with E-state index in [-0.39, 0.29) is 18.0 Å². The number of hydrogen-bond donors (Lipinski definition) is 3. The van der Waals surface area contributed by atoms with Crippen molar-refractivity contribution in [2.24, 2.45) is 0 Å². The first kappa shape index (κ1) is 17.3. The Morgan fingerprint density at radius 1 is 1.25 bits per heavy atom. The average Bonchev–Trinajstić information content (AvgIpc) is 2.55. The van der Waals surface area contributed by atoms with Crippen LogP contribution in [-0.4, -0.2) is 29.1 Å². The molecular formula is C17H19N3O4. The van der Waals surface area contributed by atoms with Gasteiger partial charge in [-0.15, -0.1) is 0 Å². The molecule has 0 fully saturated rings. The number of phenolic OH excluding ortho intramolecular Hbond substituents is 1. The molecule has 1 amide bonds. The maximum absolute atomic E-state index is 11.1. The summed E-state index contributed by atoms with van der Waals surface area (Å²) in [7, 11) is 1.28. The van der Waals surface area contributed by atoms with E-state index in [1.54, 1.807) is 30.5 Å². The maximum Gasteiger partial charge on any atom is 0.425 e. The molecular weight excluding hydrogens is 310 g/mol. The smallest absolute Gasteiger partial charge is 0.425 e. The molecule has 0 bridgehead atoms. The third kappa shape index (κ3) is 4.98. The minimum absolute atomic E-state index is 0.00315. The highest BCUT2D eigenvalue weighted by atomic mass is 16.5. The quantitative estimate of drug-likeness (QED) is 0.702. The van der Waals surface area contributed by atoms with Crippen LogP contribution in [-0.2, 0) is 22.4 Å². The molecule has 0 radical (unpaired) electrons. The van der Waals surface area contributed by atoms with Crippen LogP contribution in [0.4, 0.5) is 10.5 Å². The van der Waals surface area contributed by atoms with Gasteiger partial charge in [0, 0.05) is 30.3 Å². The number of anilines is 1. The lowest BCUT2D eigenvalue weighted by Gasteiger charge is -2.09. The van der Waals surface area contributed by atoms with Crippen molar-refractivity contribution < 1.29 is 19.4 Å². The molecule has 0 saturated heterocycles. The van der Waals surface area contributed by atoms with E-state index in [9.17, 15) is 14.7 Å². The molecule has 1 aromatic heterocycles. The van der Waals surface area contributed by atoms with Crippen molar-refractivity contribution in [2.75, 3.05) is 12.5 Å². The number of ketones is 1. The largest absolute Gasteiger partial charge is 0.508 e. The van der Waals surface area contributed by atoms with Crippen LogP contribution in [0.25, 0.3) is 0 Å². The van der Waals surface area contributed by atoms with Crippen molar-refractivity contribution in [1.82, 2.24) is 10.4 Å². The van der Waals surface area contributed by atoms with Gasteiger partial charge >= 0.3 is 6.09 Å². The van der Waals surface area contributed by atoms with Gasteiger partial charge in [-0.1, -0.05) is 12.1 Å². The molecule has 0 saturated carbocycles. The van der Waals surface area contributed by atoms with Crippen molar-refractivity contribution in [2.45, 2.75) is 19.8 Å². The number of benzene rings is 1. The number of nitrogens with zero attached hydrogens (tertiary/aromatic N) is 1. The fourth-order valence-electron chi connectivity index (χ4n) is 2.17. The van der Waals surface area contributed by atoms with Crippen LogP contribution in [0.2, 0.25) is 0 Å². The van der Waals surface area contributed by atoms with E-state index >= 15 is 0 Å². The molecule has 0 spiro atoms.